The van der Waals surface area contributed by atoms with Gasteiger partial charge in [-0.3, -0.25) is 14.4 Å². The maximum atomic E-state index is 12.7. The van der Waals surface area contributed by atoms with Gasteiger partial charge in [-0.1, -0.05) is 127 Å². The summed E-state index contributed by atoms with van der Waals surface area (Å²) in [5, 5.41) is 22.5. The lowest BCUT2D eigenvalue weighted by Gasteiger charge is -2.18. The van der Waals surface area contributed by atoms with Crippen LogP contribution < -0.4 is 10.6 Å². The van der Waals surface area contributed by atoms with Crippen molar-refractivity contribution in [2.45, 2.75) is 180 Å². The number of aliphatic hydroxyl groups is 1. The Morgan fingerprint density at radius 1 is 0.608 bits per heavy atom. The molecule has 0 bridgehead atoms. The molecule has 9 heteroatoms. The van der Waals surface area contributed by atoms with Gasteiger partial charge in [-0.2, -0.15) is 0 Å². The SMILES string of the molecule is CC/C=C\C/C=C\C/C=C\C/C=C\CCCCC(CCCCCCCC(=O)NCC(=O)NC(CO)C(=O)O)OC(=O)CCCCCCCCCC. The molecule has 0 aromatic carbocycles. The van der Waals surface area contributed by atoms with Crippen molar-refractivity contribution < 1.29 is 34.1 Å². The predicted octanol–water partition coefficient (Wildman–Crippen LogP) is 9.20. The van der Waals surface area contributed by atoms with Gasteiger partial charge in [0.25, 0.3) is 0 Å². The first kappa shape index (κ1) is 47.8. The summed E-state index contributed by atoms with van der Waals surface area (Å²) in [5.41, 5.74) is 0. The zero-order chi connectivity index (χ0) is 37.6. The second kappa shape index (κ2) is 36.6. The fourth-order valence-electron chi connectivity index (χ4n) is 5.53. The molecule has 0 rings (SSSR count). The monoisotopic (exact) mass is 717 g/mol. The van der Waals surface area contributed by atoms with E-state index in [4.69, 9.17) is 14.9 Å². The highest BCUT2D eigenvalue weighted by atomic mass is 16.5. The van der Waals surface area contributed by atoms with E-state index in [1.54, 1.807) is 0 Å². The van der Waals surface area contributed by atoms with E-state index in [9.17, 15) is 19.2 Å². The predicted molar refractivity (Wildman–Crippen MR) is 208 cm³/mol. The number of hydrogen-bond acceptors (Lipinski definition) is 6. The lowest BCUT2D eigenvalue weighted by molar-refractivity contribution is -0.150. The second-order valence-electron chi connectivity index (χ2n) is 13.3. The van der Waals surface area contributed by atoms with Crippen LogP contribution in [0.15, 0.2) is 48.6 Å². The van der Waals surface area contributed by atoms with Crippen molar-refractivity contribution in [1.82, 2.24) is 10.6 Å². The summed E-state index contributed by atoms with van der Waals surface area (Å²) in [4.78, 5) is 47.4. The lowest BCUT2D eigenvalue weighted by atomic mass is 10.0. The van der Waals surface area contributed by atoms with E-state index in [1.165, 1.54) is 38.5 Å². The third-order valence-corrected chi connectivity index (χ3v) is 8.59. The summed E-state index contributed by atoms with van der Waals surface area (Å²) < 4.78 is 5.97. The van der Waals surface area contributed by atoms with E-state index in [-0.39, 0.29) is 30.9 Å². The Labute approximate surface area is 309 Å². The summed E-state index contributed by atoms with van der Waals surface area (Å²) >= 11 is 0. The van der Waals surface area contributed by atoms with Crippen molar-refractivity contribution in [2.24, 2.45) is 0 Å². The molecule has 0 fully saturated rings. The van der Waals surface area contributed by atoms with Crippen LogP contribution in [-0.4, -0.2) is 59.3 Å². The molecular formula is C42H72N2O7. The number of hydrogen-bond donors (Lipinski definition) is 4. The standard InChI is InChI=1S/C42H72N2O7/c1-3-5-7-9-11-13-14-15-16-17-18-19-20-23-27-31-37(51-41(48)34-30-26-21-12-10-8-6-4-2)32-28-24-22-25-29-33-39(46)43-35-40(47)44-38(36-45)42(49)50/h5,7,11,13,15-16,18-19,37-38,45H,3-4,6,8-10,12,14,17,20-36H2,1-2H3,(H,43,46)(H,44,47)(H,49,50)/b7-5-,13-11-,16-15-,19-18-. The number of ether oxygens (including phenoxy) is 1. The Morgan fingerprint density at radius 3 is 1.69 bits per heavy atom. The normalized spacial score (nSPS) is 13.0. The highest BCUT2D eigenvalue weighted by Gasteiger charge is 2.19. The summed E-state index contributed by atoms with van der Waals surface area (Å²) in [6.07, 6.45) is 41.4. The lowest BCUT2D eigenvalue weighted by Crippen LogP contribution is -2.47. The number of allylic oxidation sites excluding steroid dienone is 8. The molecule has 0 aliphatic heterocycles. The summed E-state index contributed by atoms with van der Waals surface area (Å²) in [5.74, 6) is -2.33. The van der Waals surface area contributed by atoms with E-state index in [0.717, 1.165) is 96.3 Å². The fraction of sp³-hybridized carbons (Fsp3) is 0.714. The van der Waals surface area contributed by atoms with Gasteiger partial charge < -0.3 is 25.6 Å². The van der Waals surface area contributed by atoms with Gasteiger partial charge in [0.1, 0.15) is 12.1 Å². The van der Waals surface area contributed by atoms with Gasteiger partial charge >= 0.3 is 11.9 Å². The van der Waals surface area contributed by atoms with Crippen LogP contribution in [0.2, 0.25) is 0 Å². The van der Waals surface area contributed by atoms with Gasteiger partial charge in [0.05, 0.1) is 13.2 Å². The second-order valence-corrected chi connectivity index (χ2v) is 13.3. The molecule has 4 N–H and O–H groups in total. The van der Waals surface area contributed by atoms with Gasteiger partial charge in [0.2, 0.25) is 11.8 Å². The first-order chi connectivity index (χ1) is 24.8. The molecule has 0 saturated carbocycles. The quantitative estimate of drug-likeness (QED) is 0.0291. The van der Waals surface area contributed by atoms with E-state index in [1.807, 2.05) is 0 Å². The van der Waals surface area contributed by atoms with Crippen molar-refractivity contribution in [1.29, 1.82) is 0 Å². The van der Waals surface area contributed by atoms with E-state index in [2.05, 4.69) is 73.1 Å². The minimum Gasteiger partial charge on any atom is -0.480 e. The first-order valence-electron chi connectivity index (χ1n) is 20.0. The van der Waals surface area contributed by atoms with E-state index in [0.29, 0.717) is 12.8 Å². The minimum atomic E-state index is -1.39. The number of esters is 1. The van der Waals surface area contributed by atoms with Gasteiger partial charge in [-0.15, -0.1) is 0 Å². The van der Waals surface area contributed by atoms with Crippen LogP contribution >= 0.6 is 0 Å². The summed E-state index contributed by atoms with van der Waals surface area (Å²) in [7, 11) is 0. The number of aliphatic hydroxyl groups excluding tert-OH is 1. The van der Waals surface area contributed by atoms with Gasteiger partial charge in [0.15, 0.2) is 0 Å². The molecule has 2 atom stereocenters. The van der Waals surface area contributed by atoms with Gasteiger partial charge in [-0.05, 0) is 77.0 Å². The molecule has 0 aliphatic rings. The van der Waals surface area contributed by atoms with Crippen molar-refractivity contribution in [2.75, 3.05) is 13.2 Å². The summed E-state index contributed by atoms with van der Waals surface area (Å²) in [6.45, 7) is 3.33. The molecule has 2 amide bonds. The van der Waals surface area contributed by atoms with Crippen LogP contribution in [0.25, 0.3) is 0 Å². The number of carboxylic acids is 1. The fourth-order valence-corrected chi connectivity index (χ4v) is 5.53. The minimum absolute atomic E-state index is 0.0487. The van der Waals surface area contributed by atoms with Crippen molar-refractivity contribution in [3.05, 3.63) is 48.6 Å². The van der Waals surface area contributed by atoms with Crippen LogP contribution in [-0.2, 0) is 23.9 Å². The van der Waals surface area contributed by atoms with Crippen LogP contribution in [0, 0.1) is 0 Å². The Balaban J connectivity index is 4.39. The number of unbranched alkanes of at least 4 members (excludes halogenated alkanes) is 13. The maximum Gasteiger partial charge on any atom is 0.328 e. The molecule has 2 unspecified atom stereocenters. The largest absolute Gasteiger partial charge is 0.480 e. The molecule has 292 valence electrons. The number of carbonyl (C=O) groups is 4. The maximum absolute atomic E-state index is 12.7. The van der Waals surface area contributed by atoms with Crippen LogP contribution in [0.3, 0.4) is 0 Å². The molecule has 0 aliphatic carbocycles. The zero-order valence-corrected chi connectivity index (χ0v) is 32.1. The average Bonchev–Trinajstić information content (AvgIpc) is 3.11. The average molecular weight is 717 g/mol. The van der Waals surface area contributed by atoms with Crippen LogP contribution in [0.5, 0.6) is 0 Å². The van der Waals surface area contributed by atoms with Crippen LogP contribution in [0.4, 0.5) is 0 Å². The highest BCUT2D eigenvalue weighted by molar-refractivity contribution is 5.87. The van der Waals surface area contributed by atoms with Crippen molar-refractivity contribution >= 4 is 23.8 Å². The zero-order valence-electron chi connectivity index (χ0n) is 32.1. The molecule has 9 nitrogen and oxygen atoms in total. The topological polar surface area (TPSA) is 142 Å². The molecule has 0 aromatic heterocycles. The molecule has 0 spiro atoms. The molecule has 0 heterocycles. The number of rotatable bonds is 35. The number of nitrogens with one attached hydrogen (secondary N) is 2. The Bertz CT molecular complexity index is 1010. The van der Waals surface area contributed by atoms with Crippen molar-refractivity contribution in [3.63, 3.8) is 0 Å². The first-order valence-corrected chi connectivity index (χ1v) is 20.0. The molecule has 0 radical (unpaired) electrons. The highest BCUT2D eigenvalue weighted by Crippen LogP contribution is 2.18. The third-order valence-electron chi connectivity index (χ3n) is 8.59. The summed E-state index contributed by atoms with van der Waals surface area (Å²) in [6, 6.07) is -1.39. The number of carboxylic acid groups (broad SMARTS) is 1. The van der Waals surface area contributed by atoms with E-state index >= 15 is 0 Å². The van der Waals surface area contributed by atoms with Crippen LogP contribution in [0.1, 0.15) is 168 Å². The number of amides is 2. The third kappa shape index (κ3) is 33.7. The molecule has 0 saturated heterocycles. The Hall–Kier alpha value is -3.20. The molecular weight excluding hydrogens is 644 g/mol. The smallest absolute Gasteiger partial charge is 0.328 e. The van der Waals surface area contributed by atoms with Gasteiger partial charge in [-0.25, -0.2) is 4.79 Å². The number of aliphatic carboxylic acids is 1. The van der Waals surface area contributed by atoms with Gasteiger partial charge in [0, 0.05) is 12.8 Å². The van der Waals surface area contributed by atoms with Crippen molar-refractivity contribution in [3.8, 4) is 0 Å². The number of carbonyl (C=O) groups excluding carboxylic acids is 3. The Morgan fingerprint density at radius 2 is 1.12 bits per heavy atom. The Kier molecular flexibility index (Phi) is 34.3. The molecule has 51 heavy (non-hydrogen) atoms. The van der Waals surface area contributed by atoms with E-state index < -0.39 is 24.5 Å². The molecule has 0 aromatic rings.